The standard InChI is InChI=1S/C5H6N4O2/c6-4-3(2-10)1-9(7)5(11)8-4/h1-2H,7H2,(H2,6,8,11). The zero-order chi connectivity index (χ0) is 8.43. The second kappa shape index (κ2) is 2.41. The van der Waals surface area contributed by atoms with Crippen LogP contribution in [0, 0.1) is 0 Å². The minimum Gasteiger partial charge on any atom is -0.383 e. The molecule has 1 heterocycles. The monoisotopic (exact) mass is 154 g/mol. The van der Waals surface area contributed by atoms with Crippen molar-refractivity contribution in [3.8, 4) is 0 Å². The minimum atomic E-state index is -0.687. The topological polar surface area (TPSA) is 104 Å². The van der Waals surface area contributed by atoms with Gasteiger partial charge in [0.2, 0.25) is 0 Å². The molecule has 6 nitrogen and oxygen atoms in total. The highest BCUT2D eigenvalue weighted by molar-refractivity contribution is 5.80. The summed E-state index contributed by atoms with van der Waals surface area (Å²) >= 11 is 0. The van der Waals surface area contributed by atoms with Crippen molar-refractivity contribution < 1.29 is 4.79 Å². The molecule has 0 fully saturated rings. The van der Waals surface area contributed by atoms with Crippen LogP contribution in [0.2, 0.25) is 0 Å². The summed E-state index contributed by atoms with van der Waals surface area (Å²) in [6.45, 7) is 0. The molecule has 1 aromatic heterocycles. The van der Waals surface area contributed by atoms with E-state index in [0.29, 0.717) is 11.0 Å². The van der Waals surface area contributed by atoms with E-state index in [1.165, 1.54) is 0 Å². The number of aldehydes is 1. The zero-order valence-corrected chi connectivity index (χ0v) is 5.52. The first-order chi connectivity index (χ1) is 5.15. The molecule has 0 spiro atoms. The molecule has 4 N–H and O–H groups in total. The third-order valence-corrected chi connectivity index (χ3v) is 1.14. The van der Waals surface area contributed by atoms with Crippen LogP contribution >= 0.6 is 0 Å². The molecular formula is C5H6N4O2. The van der Waals surface area contributed by atoms with Gasteiger partial charge in [-0.2, -0.15) is 4.98 Å². The van der Waals surface area contributed by atoms with Crippen molar-refractivity contribution in [1.29, 1.82) is 0 Å². The summed E-state index contributed by atoms with van der Waals surface area (Å²) in [5, 5.41) is 0. The average Bonchev–Trinajstić information content (AvgIpc) is 1.97. The fourth-order valence-electron chi connectivity index (χ4n) is 0.587. The van der Waals surface area contributed by atoms with Gasteiger partial charge in [-0.25, -0.2) is 9.47 Å². The number of hydrogen-bond acceptors (Lipinski definition) is 5. The minimum absolute atomic E-state index is 0.104. The highest BCUT2D eigenvalue weighted by atomic mass is 16.1. The van der Waals surface area contributed by atoms with E-state index >= 15 is 0 Å². The van der Waals surface area contributed by atoms with Crippen LogP contribution in [0.25, 0.3) is 0 Å². The van der Waals surface area contributed by atoms with Crippen LogP contribution in [0.15, 0.2) is 11.0 Å². The highest BCUT2D eigenvalue weighted by Crippen LogP contribution is 1.97. The number of nitrogen functional groups attached to an aromatic ring is 2. The molecule has 1 aromatic rings. The molecule has 0 amide bonds. The molecule has 6 heteroatoms. The van der Waals surface area contributed by atoms with Crippen molar-refractivity contribution >= 4 is 12.1 Å². The Bertz CT molecular complexity index is 343. The maximum atomic E-state index is 10.6. The van der Waals surface area contributed by atoms with Crippen LogP contribution in [0.3, 0.4) is 0 Å². The Labute approximate surface area is 61.4 Å². The molecule has 0 bridgehead atoms. The fraction of sp³-hybridized carbons (Fsp3) is 0. The Kier molecular flexibility index (Phi) is 1.59. The molecule has 0 radical (unpaired) electrons. The average molecular weight is 154 g/mol. The van der Waals surface area contributed by atoms with E-state index < -0.39 is 5.69 Å². The predicted molar refractivity (Wildman–Crippen MR) is 38.4 cm³/mol. The number of anilines is 1. The van der Waals surface area contributed by atoms with Gasteiger partial charge in [-0.05, 0) is 0 Å². The van der Waals surface area contributed by atoms with Gasteiger partial charge in [0.15, 0.2) is 6.29 Å². The van der Waals surface area contributed by atoms with Crippen molar-refractivity contribution in [2.45, 2.75) is 0 Å². The third kappa shape index (κ3) is 1.18. The molecule has 0 atom stereocenters. The second-order valence-electron chi connectivity index (χ2n) is 1.89. The van der Waals surface area contributed by atoms with Crippen LogP contribution in [-0.4, -0.2) is 15.9 Å². The Morgan fingerprint density at radius 1 is 1.64 bits per heavy atom. The van der Waals surface area contributed by atoms with E-state index in [9.17, 15) is 9.59 Å². The van der Waals surface area contributed by atoms with Gasteiger partial charge in [0.25, 0.3) is 0 Å². The fourth-order valence-corrected chi connectivity index (χ4v) is 0.587. The normalized spacial score (nSPS) is 9.45. The second-order valence-corrected chi connectivity index (χ2v) is 1.89. The van der Waals surface area contributed by atoms with Gasteiger partial charge in [0.05, 0.1) is 5.56 Å². The van der Waals surface area contributed by atoms with Gasteiger partial charge in [0.1, 0.15) is 5.82 Å². The zero-order valence-electron chi connectivity index (χ0n) is 5.52. The van der Waals surface area contributed by atoms with E-state index in [0.717, 1.165) is 6.20 Å². The van der Waals surface area contributed by atoms with Gasteiger partial charge in [-0.3, -0.25) is 4.79 Å². The van der Waals surface area contributed by atoms with E-state index in [1.54, 1.807) is 0 Å². The number of carbonyl (C=O) groups excluding carboxylic acids is 1. The van der Waals surface area contributed by atoms with Crippen LogP contribution < -0.4 is 17.3 Å². The number of aromatic nitrogens is 2. The number of carbonyl (C=O) groups is 1. The van der Waals surface area contributed by atoms with E-state index in [-0.39, 0.29) is 11.4 Å². The lowest BCUT2D eigenvalue weighted by atomic mass is 10.3. The van der Waals surface area contributed by atoms with E-state index in [1.807, 2.05) is 0 Å². The van der Waals surface area contributed by atoms with E-state index in [4.69, 9.17) is 11.6 Å². The molecule has 0 saturated carbocycles. The molecule has 0 aliphatic carbocycles. The van der Waals surface area contributed by atoms with Crippen molar-refractivity contribution in [2.24, 2.45) is 0 Å². The predicted octanol–water partition coefficient (Wildman–Crippen LogP) is -1.65. The molecule has 11 heavy (non-hydrogen) atoms. The lowest BCUT2D eigenvalue weighted by molar-refractivity contribution is 0.112. The first-order valence-electron chi connectivity index (χ1n) is 2.74. The summed E-state index contributed by atoms with van der Waals surface area (Å²) in [7, 11) is 0. The number of rotatable bonds is 1. The molecule has 1 rings (SSSR count). The van der Waals surface area contributed by atoms with Crippen molar-refractivity contribution in [3.63, 3.8) is 0 Å². The molecule has 58 valence electrons. The van der Waals surface area contributed by atoms with Gasteiger partial charge in [0, 0.05) is 6.20 Å². The van der Waals surface area contributed by atoms with Crippen LogP contribution in [0.4, 0.5) is 5.82 Å². The van der Waals surface area contributed by atoms with Gasteiger partial charge < -0.3 is 11.6 Å². The Hall–Kier alpha value is -1.85. The lowest BCUT2D eigenvalue weighted by Crippen LogP contribution is -2.30. The number of nitrogens with two attached hydrogens (primary N) is 2. The molecule has 0 aliphatic heterocycles. The quantitative estimate of drug-likeness (QED) is 0.372. The number of nitrogens with zero attached hydrogens (tertiary/aromatic N) is 2. The molecule has 0 aromatic carbocycles. The van der Waals surface area contributed by atoms with Crippen LogP contribution in [0.1, 0.15) is 10.4 Å². The summed E-state index contributed by atoms with van der Waals surface area (Å²) in [4.78, 5) is 24.1. The molecular weight excluding hydrogens is 148 g/mol. The van der Waals surface area contributed by atoms with Gasteiger partial charge in [-0.15, -0.1) is 0 Å². The largest absolute Gasteiger partial charge is 0.383 e. The summed E-state index contributed by atoms with van der Waals surface area (Å²) in [5.74, 6) is 4.99. The molecule has 0 unspecified atom stereocenters. The van der Waals surface area contributed by atoms with Crippen LogP contribution in [-0.2, 0) is 0 Å². The first kappa shape index (κ1) is 7.26. The molecule has 0 saturated heterocycles. The third-order valence-electron chi connectivity index (χ3n) is 1.14. The Balaban J connectivity index is 3.43. The summed E-state index contributed by atoms with van der Waals surface area (Å²) in [6, 6.07) is 0. The van der Waals surface area contributed by atoms with Gasteiger partial charge >= 0.3 is 5.69 Å². The SMILES string of the molecule is Nc1nc(=O)n(N)cc1C=O. The maximum Gasteiger partial charge on any atom is 0.367 e. The maximum absolute atomic E-state index is 10.6. The lowest BCUT2D eigenvalue weighted by Gasteiger charge is -1.98. The molecule has 0 aliphatic rings. The van der Waals surface area contributed by atoms with Crippen molar-refractivity contribution in [3.05, 3.63) is 22.2 Å². The Morgan fingerprint density at radius 2 is 2.27 bits per heavy atom. The number of hydrogen-bond donors (Lipinski definition) is 2. The van der Waals surface area contributed by atoms with Crippen LogP contribution in [0.5, 0.6) is 0 Å². The Morgan fingerprint density at radius 3 is 2.82 bits per heavy atom. The van der Waals surface area contributed by atoms with Crippen molar-refractivity contribution in [2.75, 3.05) is 11.6 Å². The van der Waals surface area contributed by atoms with E-state index in [2.05, 4.69) is 4.98 Å². The van der Waals surface area contributed by atoms with Crippen molar-refractivity contribution in [1.82, 2.24) is 9.66 Å². The van der Waals surface area contributed by atoms with Gasteiger partial charge in [-0.1, -0.05) is 0 Å². The summed E-state index contributed by atoms with van der Waals surface area (Å²) in [5.41, 5.74) is 4.61. The smallest absolute Gasteiger partial charge is 0.367 e. The highest BCUT2D eigenvalue weighted by Gasteiger charge is 2.01. The first-order valence-corrected chi connectivity index (χ1v) is 2.74. The summed E-state index contributed by atoms with van der Waals surface area (Å²) < 4.78 is 0.695. The summed E-state index contributed by atoms with van der Waals surface area (Å²) in [6.07, 6.45) is 1.60.